The minimum atomic E-state index is -0.935. The van der Waals surface area contributed by atoms with Crippen molar-refractivity contribution >= 4 is 37.8 Å². The highest BCUT2D eigenvalue weighted by atomic mass is 32.8. The van der Waals surface area contributed by atoms with Gasteiger partial charge in [0, 0.05) is 10.5 Å². The van der Waals surface area contributed by atoms with Crippen LogP contribution in [0.2, 0.25) is 0 Å². The fourth-order valence-electron chi connectivity index (χ4n) is 0.895. The van der Waals surface area contributed by atoms with Crippen LogP contribution in [0, 0.1) is 0 Å². The molecule has 0 aliphatic carbocycles. The topological polar surface area (TPSA) is 49.7 Å². The Labute approximate surface area is 101 Å². The predicted molar refractivity (Wildman–Crippen MR) is 70.0 cm³/mol. The highest BCUT2D eigenvalue weighted by Crippen LogP contribution is 2.26. The van der Waals surface area contributed by atoms with Crippen molar-refractivity contribution in [2.75, 3.05) is 0 Å². The van der Waals surface area contributed by atoms with E-state index in [-0.39, 0.29) is 15.0 Å². The van der Waals surface area contributed by atoms with Crippen LogP contribution in [-0.4, -0.2) is 16.6 Å². The lowest BCUT2D eigenvalue weighted by Crippen LogP contribution is -1.92. The van der Waals surface area contributed by atoms with E-state index in [0.29, 0.717) is 0 Å². The largest absolute Gasteiger partial charge is 0.478 e. The molecule has 1 aromatic carbocycles. The molecule has 0 amide bonds. The van der Waals surface area contributed by atoms with E-state index in [1.165, 1.54) is 11.8 Å². The van der Waals surface area contributed by atoms with E-state index in [1.807, 2.05) is 29.8 Å². The van der Waals surface area contributed by atoms with Crippen LogP contribution in [0.5, 0.6) is 0 Å². The Kier molecular flexibility index (Phi) is 4.52. The maximum Gasteiger partial charge on any atom is 0.330 e. The second-order valence-corrected chi connectivity index (χ2v) is 5.41. The summed E-state index contributed by atoms with van der Waals surface area (Å²) < 4.78 is 0. The maximum atomic E-state index is 9.60. The molecule has 1 N–H and O–H groups in total. The molecule has 3 nitrogen and oxygen atoms in total. The normalized spacial score (nSPS) is 15.9. The van der Waals surface area contributed by atoms with Crippen molar-refractivity contribution < 1.29 is 9.90 Å². The minimum Gasteiger partial charge on any atom is -0.478 e. The first-order valence-electron chi connectivity index (χ1n) is 4.45. The average Bonchev–Trinajstić information content (AvgIpc) is 2.62. The third kappa shape index (κ3) is 3.36. The van der Waals surface area contributed by atoms with Crippen molar-refractivity contribution in [3.05, 3.63) is 36.4 Å². The van der Waals surface area contributed by atoms with Gasteiger partial charge in [-0.05, 0) is 39.7 Å². The van der Waals surface area contributed by atoms with Gasteiger partial charge in [-0.3, -0.25) is 0 Å². The van der Waals surface area contributed by atoms with E-state index in [9.17, 15) is 4.79 Å². The van der Waals surface area contributed by atoms with Crippen molar-refractivity contribution in [1.82, 2.24) is 0 Å². The number of carboxylic acids is 1. The minimum absolute atomic E-state index is 0.156. The van der Waals surface area contributed by atoms with E-state index < -0.39 is 5.97 Å². The van der Waals surface area contributed by atoms with Crippen LogP contribution in [-0.2, 0) is 25.4 Å². The van der Waals surface area contributed by atoms with Crippen LogP contribution in [0.1, 0.15) is 6.92 Å². The number of fused-ring (bicyclic) bond motifs is 1. The van der Waals surface area contributed by atoms with Crippen molar-refractivity contribution in [1.29, 1.82) is 0 Å². The molecule has 0 saturated carbocycles. The Morgan fingerprint density at radius 1 is 1.50 bits per heavy atom. The number of hydrogen-bond acceptors (Lipinski definition) is 3. The van der Waals surface area contributed by atoms with E-state index in [0.717, 1.165) is 5.69 Å². The molecular weight excluding hydrogens is 242 g/mol. The van der Waals surface area contributed by atoms with Crippen molar-refractivity contribution in [2.45, 2.75) is 11.8 Å². The van der Waals surface area contributed by atoms with E-state index in [1.54, 1.807) is 0 Å². The summed E-state index contributed by atoms with van der Waals surface area (Å²) in [5, 5.41) is 7.89. The quantitative estimate of drug-likeness (QED) is 0.782. The molecule has 1 unspecified atom stereocenters. The van der Waals surface area contributed by atoms with Gasteiger partial charge in [-0.15, -0.1) is 0 Å². The average molecular weight is 253 g/mol. The molecule has 5 heteroatoms. The van der Waals surface area contributed by atoms with Crippen LogP contribution in [0.3, 0.4) is 0 Å². The third-order valence-corrected chi connectivity index (χ3v) is 3.61. The van der Waals surface area contributed by atoms with Crippen LogP contribution in [0.25, 0.3) is 0 Å². The second kappa shape index (κ2) is 5.67. The Bertz CT molecular complexity index is 469. The zero-order chi connectivity index (χ0) is 12.1. The van der Waals surface area contributed by atoms with Crippen LogP contribution < -0.4 is 0 Å². The molecule has 2 rings (SSSR count). The van der Waals surface area contributed by atoms with Gasteiger partial charge in [-0.25, -0.2) is 9.79 Å². The number of aliphatic imine (C=N–C) groups is 1. The molecular formula is C11H11NO2S2. The number of carbonyl (C=O) groups is 1. The molecule has 1 aromatic rings. The summed E-state index contributed by atoms with van der Waals surface area (Å²) in [5.74, 6) is -0.935. The van der Waals surface area contributed by atoms with Gasteiger partial charge in [0.15, 0.2) is 0 Å². The molecule has 0 radical (unpaired) electrons. The zero-order valence-corrected chi connectivity index (χ0v) is 10.3. The first kappa shape index (κ1) is 12.7. The van der Waals surface area contributed by atoms with E-state index in [2.05, 4.69) is 11.6 Å². The van der Waals surface area contributed by atoms with Gasteiger partial charge in [0.2, 0.25) is 0 Å². The van der Waals surface area contributed by atoms with Gasteiger partial charge in [0.05, 0.1) is 11.2 Å². The molecule has 84 valence electrons. The first-order chi connectivity index (χ1) is 7.52. The van der Waals surface area contributed by atoms with Crippen LogP contribution in [0.15, 0.2) is 46.3 Å². The molecule has 0 fully saturated rings. The second-order valence-electron chi connectivity index (χ2n) is 3.09. The van der Waals surface area contributed by atoms with Gasteiger partial charge in [-0.1, -0.05) is 18.7 Å². The van der Waals surface area contributed by atoms with Gasteiger partial charge >= 0.3 is 5.97 Å². The number of aliphatic carboxylic acids is 1. The van der Waals surface area contributed by atoms with Crippen LogP contribution >= 0.6 is 0 Å². The Morgan fingerprint density at radius 3 is 2.56 bits per heavy atom. The van der Waals surface area contributed by atoms with Crippen molar-refractivity contribution in [3.63, 3.8) is 0 Å². The summed E-state index contributed by atoms with van der Waals surface area (Å²) in [6.45, 7) is 4.60. The lowest BCUT2D eigenvalue weighted by molar-refractivity contribution is -0.132. The SMILES string of the molecule is C=C(C)C(=O)O.S=S1C=Nc2ccccc21. The van der Waals surface area contributed by atoms with E-state index in [4.69, 9.17) is 16.3 Å². The van der Waals surface area contributed by atoms with E-state index >= 15 is 0 Å². The smallest absolute Gasteiger partial charge is 0.330 e. The monoisotopic (exact) mass is 253 g/mol. The Morgan fingerprint density at radius 2 is 2.06 bits per heavy atom. The number of para-hydroxylation sites is 1. The summed E-state index contributed by atoms with van der Waals surface area (Å²) in [7, 11) is -0.156. The standard InChI is InChI=1S/C7H5NS2.C4H6O2/c9-10-5-8-6-3-1-2-4-7(6)10;1-3(2)4(5)6/h1-5H;1H2,2H3,(H,5,6). The molecule has 0 bridgehead atoms. The Balaban J connectivity index is 0.000000187. The fourth-order valence-corrected chi connectivity index (χ4v) is 2.31. The summed E-state index contributed by atoms with van der Waals surface area (Å²) in [6.07, 6.45) is 0. The van der Waals surface area contributed by atoms with Gasteiger partial charge in [0.1, 0.15) is 0 Å². The van der Waals surface area contributed by atoms with Gasteiger partial charge < -0.3 is 5.11 Å². The Hall–Kier alpha value is -1.33. The summed E-state index contributed by atoms with van der Waals surface area (Å²) >= 11 is 5.14. The molecule has 0 spiro atoms. The summed E-state index contributed by atoms with van der Waals surface area (Å²) in [6, 6.07) is 8.01. The highest BCUT2D eigenvalue weighted by Gasteiger charge is 2.07. The first-order valence-corrected chi connectivity index (χ1v) is 6.66. The molecule has 0 saturated heterocycles. The zero-order valence-electron chi connectivity index (χ0n) is 8.71. The summed E-state index contributed by atoms with van der Waals surface area (Å²) in [5.41, 5.74) is 3.05. The van der Waals surface area contributed by atoms with Crippen LogP contribution in [0.4, 0.5) is 5.69 Å². The van der Waals surface area contributed by atoms with Crippen molar-refractivity contribution in [3.8, 4) is 0 Å². The predicted octanol–water partition coefficient (Wildman–Crippen LogP) is 2.45. The molecule has 0 aromatic heterocycles. The molecule has 1 atom stereocenters. The number of hydrogen-bond donors (Lipinski definition) is 1. The lowest BCUT2D eigenvalue weighted by Gasteiger charge is -1.93. The fraction of sp³-hybridized carbons (Fsp3) is 0.0909. The number of rotatable bonds is 1. The third-order valence-electron chi connectivity index (χ3n) is 1.73. The molecule has 1 heterocycles. The van der Waals surface area contributed by atoms with Gasteiger partial charge in [-0.2, -0.15) is 0 Å². The number of benzene rings is 1. The summed E-state index contributed by atoms with van der Waals surface area (Å²) in [4.78, 5) is 15.0. The lowest BCUT2D eigenvalue weighted by atomic mass is 10.3. The molecule has 1 aliphatic rings. The number of nitrogens with zero attached hydrogens (tertiary/aromatic N) is 1. The highest BCUT2D eigenvalue weighted by molar-refractivity contribution is 8.36. The van der Waals surface area contributed by atoms with Gasteiger partial charge in [0.25, 0.3) is 0 Å². The maximum absolute atomic E-state index is 9.60. The molecule has 16 heavy (non-hydrogen) atoms. The number of carboxylic acid groups (broad SMARTS) is 1. The molecule has 1 aliphatic heterocycles. The van der Waals surface area contributed by atoms with Crippen molar-refractivity contribution in [2.24, 2.45) is 4.99 Å².